The number of benzene rings is 2. The fourth-order valence-corrected chi connectivity index (χ4v) is 6.57. The van der Waals surface area contributed by atoms with E-state index in [9.17, 15) is 0 Å². The first-order valence-electron chi connectivity index (χ1n) is 14.4. The average molecular weight is 597 g/mol. The fraction of sp³-hybridized carbons (Fsp3) is 0.455. The van der Waals surface area contributed by atoms with Crippen molar-refractivity contribution < 1.29 is 28.1 Å². The van der Waals surface area contributed by atoms with Crippen molar-refractivity contribution in [3.8, 4) is 11.5 Å². The third kappa shape index (κ3) is 9.64. The van der Waals surface area contributed by atoms with Crippen molar-refractivity contribution in [1.29, 1.82) is 0 Å². The molecule has 2 heterocycles. The number of aromatic nitrogens is 2. The highest BCUT2D eigenvalue weighted by atomic mass is 32.1. The van der Waals surface area contributed by atoms with Gasteiger partial charge in [0.2, 0.25) is 11.0 Å². The predicted molar refractivity (Wildman–Crippen MR) is 166 cm³/mol. The Kier molecular flexibility index (Phi) is 12.6. The molecule has 0 saturated carbocycles. The number of ether oxygens (including phenoxy) is 4. The molecule has 0 atom stereocenters. The molecule has 41 heavy (non-hydrogen) atoms. The molecule has 4 aromatic rings. The van der Waals surface area contributed by atoms with Gasteiger partial charge in [-0.15, -0.1) is 0 Å². The molecule has 0 aliphatic rings. The largest absolute Gasteiger partial charge is 0.494 e. The molecular formula is C33H44N2O4S2+2. The van der Waals surface area contributed by atoms with Gasteiger partial charge in [0.15, 0.2) is 24.5 Å². The molecule has 2 aromatic heterocycles. The topological polar surface area (TPSA) is 44.7 Å². The van der Waals surface area contributed by atoms with Gasteiger partial charge in [-0.25, -0.2) is 0 Å². The van der Waals surface area contributed by atoms with E-state index in [1.165, 1.54) is 32.3 Å². The molecule has 0 bridgehead atoms. The molecule has 0 fully saturated rings. The number of thiazole rings is 2. The average Bonchev–Trinajstić information content (AvgIpc) is 3.52. The van der Waals surface area contributed by atoms with Crippen LogP contribution < -0.4 is 18.6 Å². The molecule has 220 valence electrons. The molecule has 2 aromatic carbocycles. The number of nitrogens with zero attached hydrogens (tertiary/aromatic N) is 2. The zero-order chi connectivity index (χ0) is 28.9. The zero-order valence-electron chi connectivity index (χ0n) is 24.9. The Labute approximate surface area is 253 Å². The van der Waals surface area contributed by atoms with Crippen molar-refractivity contribution in [2.45, 2.75) is 59.0 Å². The van der Waals surface area contributed by atoms with Gasteiger partial charge < -0.3 is 18.9 Å². The summed E-state index contributed by atoms with van der Waals surface area (Å²) in [5.41, 5.74) is 9.61. The molecule has 0 radical (unpaired) electrons. The quantitative estimate of drug-likeness (QED) is 0.103. The molecule has 0 aliphatic heterocycles. The first kappa shape index (κ1) is 31.2. The standard InChI is InChI=1S/C33H44N2O4S2/c1-26-32(16-20-36-3)40-24-34(26)22-28-8-12-30(13-9-28)38-18-6-5-7-19-39-31-14-10-29(11-15-31)23-35-25-41-33(27(35)2)17-21-37-4/h8-15,24-25H,5-7,16-23H2,1-4H3/q+2. The van der Waals surface area contributed by atoms with Gasteiger partial charge >= 0.3 is 0 Å². The maximum absolute atomic E-state index is 5.97. The van der Waals surface area contributed by atoms with Crippen LogP contribution in [0.2, 0.25) is 0 Å². The third-order valence-corrected chi connectivity index (χ3v) is 9.55. The highest BCUT2D eigenvalue weighted by molar-refractivity contribution is 7.09. The van der Waals surface area contributed by atoms with Gasteiger partial charge in [0.1, 0.15) is 11.5 Å². The Hall–Kier alpha value is -2.78. The minimum atomic E-state index is 0.724. The van der Waals surface area contributed by atoms with Crippen molar-refractivity contribution in [2.24, 2.45) is 0 Å². The van der Waals surface area contributed by atoms with E-state index in [1.807, 2.05) is 0 Å². The van der Waals surface area contributed by atoms with E-state index in [-0.39, 0.29) is 0 Å². The van der Waals surface area contributed by atoms with Crippen LogP contribution >= 0.6 is 22.7 Å². The van der Waals surface area contributed by atoms with Crippen molar-refractivity contribution in [3.05, 3.63) is 91.8 Å². The van der Waals surface area contributed by atoms with Crippen LogP contribution in [-0.4, -0.2) is 40.6 Å². The number of hydrogen-bond donors (Lipinski definition) is 0. The Bertz CT molecular complexity index is 1210. The van der Waals surface area contributed by atoms with Crippen LogP contribution in [0, 0.1) is 13.8 Å². The number of rotatable bonds is 18. The smallest absolute Gasteiger partial charge is 0.225 e. The first-order chi connectivity index (χ1) is 20.1. The van der Waals surface area contributed by atoms with Crippen LogP contribution in [0.25, 0.3) is 0 Å². The van der Waals surface area contributed by atoms with Crippen molar-refractivity contribution in [2.75, 3.05) is 40.6 Å². The molecule has 0 amide bonds. The Morgan fingerprint density at radius 1 is 0.561 bits per heavy atom. The molecule has 8 heteroatoms. The van der Waals surface area contributed by atoms with E-state index in [4.69, 9.17) is 18.9 Å². The molecule has 0 unspecified atom stereocenters. The molecule has 4 rings (SSSR count). The second kappa shape index (κ2) is 16.6. The van der Waals surface area contributed by atoms with E-state index < -0.39 is 0 Å². The summed E-state index contributed by atoms with van der Waals surface area (Å²) in [6, 6.07) is 17.0. The first-order valence-corrected chi connectivity index (χ1v) is 16.2. The molecule has 0 aliphatic carbocycles. The monoisotopic (exact) mass is 596 g/mol. The van der Waals surface area contributed by atoms with Crippen molar-refractivity contribution >= 4 is 22.7 Å². The van der Waals surface area contributed by atoms with Crippen LogP contribution in [0.4, 0.5) is 0 Å². The van der Waals surface area contributed by atoms with Crippen LogP contribution in [-0.2, 0) is 35.4 Å². The summed E-state index contributed by atoms with van der Waals surface area (Å²) in [7, 11) is 3.51. The SMILES string of the molecule is COCCc1sc[n+](Cc2ccc(OCCCCCOc3ccc(C[n+]4csc(CCOC)c4C)cc3)cc2)c1C. The third-order valence-electron chi connectivity index (χ3n) is 7.26. The normalized spacial score (nSPS) is 11.2. The van der Waals surface area contributed by atoms with E-state index in [0.717, 1.165) is 83.1 Å². The van der Waals surface area contributed by atoms with E-state index in [0.29, 0.717) is 0 Å². The predicted octanol–water partition coefficient (Wildman–Crippen LogP) is 6.10. The van der Waals surface area contributed by atoms with Crippen LogP contribution in [0.3, 0.4) is 0 Å². The molecular weight excluding hydrogens is 553 g/mol. The van der Waals surface area contributed by atoms with Crippen molar-refractivity contribution in [1.82, 2.24) is 0 Å². The summed E-state index contributed by atoms with van der Waals surface area (Å²) in [6.45, 7) is 9.11. The van der Waals surface area contributed by atoms with E-state index in [1.54, 1.807) is 36.9 Å². The fourth-order valence-electron chi connectivity index (χ4n) is 4.62. The molecule has 0 saturated heterocycles. The summed E-state index contributed by atoms with van der Waals surface area (Å²) in [5.74, 6) is 1.86. The lowest BCUT2D eigenvalue weighted by Gasteiger charge is -2.08. The minimum Gasteiger partial charge on any atom is -0.494 e. The molecule has 0 spiro atoms. The number of unbranched alkanes of at least 4 members (excludes halogenated alkanes) is 2. The summed E-state index contributed by atoms with van der Waals surface area (Å²) in [4.78, 5) is 2.78. The van der Waals surface area contributed by atoms with Gasteiger partial charge in [-0.05, 0) is 67.8 Å². The number of methoxy groups -OCH3 is 2. The lowest BCUT2D eigenvalue weighted by Crippen LogP contribution is -2.35. The van der Waals surface area contributed by atoms with Crippen LogP contribution in [0.15, 0.2) is 59.6 Å². The Morgan fingerprint density at radius 2 is 0.976 bits per heavy atom. The Balaban J connectivity index is 1.09. The summed E-state index contributed by atoms with van der Waals surface area (Å²) < 4.78 is 27.0. The van der Waals surface area contributed by atoms with Crippen LogP contribution in [0.1, 0.15) is 51.5 Å². The second-order valence-electron chi connectivity index (χ2n) is 10.3. The van der Waals surface area contributed by atoms with Gasteiger partial charge in [0, 0.05) is 52.0 Å². The highest BCUT2D eigenvalue weighted by Crippen LogP contribution is 2.17. The summed E-state index contributed by atoms with van der Waals surface area (Å²) >= 11 is 3.61. The highest BCUT2D eigenvalue weighted by Gasteiger charge is 2.16. The lowest BCUT2D eigenvalue weighted by molar-refractivity contribution is -0.689. The number of hydrogen-bond acceptors (Lipinski definition) is 6. The summed E-state index contributed by atoms with van der Waals surface area (Å²) in [6.07, 6.45) is 5.05. The van der Waals surface area contributed by atoms with Gasteiger partial charge in [-0.2, -0.15) is 9.13 Å². The van der Waals surface area contributed by atoms with Crippen LogP contribution in [0.5, 0.6) is 11.5 Å². The van der Waals surface area contributed by atoms with Gasteiger partial charge in [0.05, 0.1) is 36.2 Å². The van der Waals surface area contributed by atoms with E-state index in [2.05, 4.69) is 82.5 Å². The molecule has 6 nitrogen and oxygen atoms in total. The Morgan fingerprint density at radius 3 is 1.37 bits per heavy atom. The minimum absolute atomic E-state index is 0.724. The second-order valence-corrected chi connectivity index (χ2v) is 12.1. The summed E-state index contributed by atoms with van der Waals surface area (Å²) in [5, 5.41) is 0. The lowest BCUT2D eigenvalue weighted by atomic mass is 10.2. The van der Waals surface area contributed by atoms with E-state index >= 15 is 0 Å². The zero-order valence-corrected chi connectivity index (χ0v) is 26.5. The molecule has 0 N–H and O–H groups in total. The van der Waals surface area contributed by atoms with Gasteiger partial charge in [0.25, 0.3) is 0 Å². The van der Waals surface area contributed by atoms with Crippen molar-refractivity contribution in [3.63, 3.8) is 0 Å². The maximum atomic E-state index is 5.97. The maximum Gasteiger partial charge on any atom is 0.225 e. The van der Waals surface area contributed by atoms with Gasteiger partial charge in [-0.3, -0.25) is 0 Å². The van der Waals surface area contributed by atoms with Gasteiger partial charge in [-0.1, -0.05) is 22.7 Å².